The van der Waals surface area contributed by atoms with Gasteiger partial charge in [-0.25, -0.2) is 4.98 Å². The second-order valence-corrected chi connectivity index (χ2v) is 7.32. The molecular weight excluding hydrogens is 328 g/mol. The Bertz CT molecular complexity index is 748. The summed E-state index contributed by atoms with van der Waals surface area (Å²) in [5.41, 5.74) is 7.33. The number of ether oxygens (including phenoxy) is 1. The van der Waals surface area contributed by atoms with Crippen LogP contribution in [-0.4, -0.2) is 35.2 Å². The summed E-state index contributed by atoms with van der Waals surface area (Å²) in [6.45, 7) is 6.51. The highest BCUT2D eigenvalue weighted by atomic mass is 16.5. The Morgan fingerprint density at radius 2 is 2.15 bits per heavy atom. The molecule has 1 saturated heterocycles. The largest absolute Gasteiger partial charge is 0.381 e. The molecule has 1 fully saturated rings. The topological polar surface area (TPSA) is 82.2 Å². The van der Waals surface area contributed by atoms with Gasteiger partial charge in [0.05, 0.1) is 5.41 Å². The molecular formula is C20H28N4O2. The molecule has 0 bridgehead atoms. The van der Waals surface area contributed by atoms with Crippen LogP contribution in [0.4, 0.5) is 5.69 Å². The fourth-order valence-electron chi connectivity index (χ4n) is 3.45. The van der Waals surface area contributed by atoms with E-state index in [0.29, 0.717) is 38.5 Å². The summed E-state index contributed by atoms with van der Waals surface area (Å²) in [6.07, 6.45) is 5.16. The van der Waals surface area contributed by atoms with E-state index in [0.717, 1.165) is 23.6 Å². The van der Waals surface area contributed by atoms with E-state index in [4.69, 9.17) is 10.5 Å². The van der Waals surface area contributed by atoms with Crippen LogP contribution in [0.2, 0.25) is 0 Å². The van der Waals surface area contributed by atoms with Crippen molar-refractivity contribution in [1.82, 2.24) is 9.55 Å². The summed E-state index contributed by atoms with van der Waals surface area (Å²) in [5.74, 6) is 1.42. The predicted octanol–water partition coefficient (Wildman–Crippen LogP) is 2.75. The molecule has 3 N–H and O–H groups in total. The molecule has 140 valence electrons. The van der Waals surface area contributed by atoms with Crippen LogP contribution >= 0.6 is 0 Å². The van der Waals surface area contributed by atoms with E-state index in [1.54, 1.807) is 0 Å². The van der Waals surface area contributed by atoms with Gasteiger partial charge in [0.1, 0.15) is 5.82 Å². The van der Waals surface area contributed by atoms with E-state index < -0.39 is 5.41 Å². The average Bonchev–Trinajstić information content (AvgIpc) is 3.11. The third kappa shape index (κ3) is 3.97. The van der Waals surface area contributed by atoms with Crippen LogP contribution in [0.25, 0.3) is 0 Å². The van der Waals surface area contributed by atoms with Crippen molar-refractivity contribution < 1.29 is 9.53 Å². The maximum atomic E-state index is 12.8. The Balaban J connectivity index is 1.73. The van der Waals surface area contributed by atoms with Crippen LogP contribution < -0.4 is 11.1 Å². The van der Waals surface area contributed by atoms with Gasteiger partial charge in [0.15, 0.2) is 0 Å². The molecule has 0 saturated carbocycles. The van der Waals surface area contributed by atoms with E-state index >= 15 is 0 Å². The molecule has 0 unspecified atom stereocenters. The number of anilines is 1. The van der Waals surface area contributed by atoms with Crippen molar-refractivity contribution >= 4 is 11.6 Å². The average molecular weight is 356 g/mol. The van der Waals surface area contributed by atoms with E-state index in [2.05, 4.69) is 34.8 Å². The molecule has 1 aromatic carbocycles. The zero-order valence-electron chi connectivity index (χ0n) is 15.6. The fraction of sp³-hybridized carbons (Fsp3) is 0.500. The Labute approximate surface area is 154 Å². The highest BCUT2D eigenvalue weighted by Gasteiger charge is 2.38. The fourth-order valence-corrected chi connectivity index (χ4v) is 3.45. The third-order valence-corrected chi connectivity index (χ3v) is 5.12. The summed E-state index contributed by atoms with van der Waals surface area (Å²) >= 11 is 0. The second-order valence-electron chi connectivity index (χ2n) is 7.32. The maximum Gasteiger partial charge on any atom is 0.232 e. The molecule has 0 spiro atoms. The minimum atomic E-state index is -0.524. The number of benzene rings is 1. The maximum absolute atomic E-state index is 12.8. The number of hydrogen-bond acceptors (Lipinski definition) is 4. The van der Waals surface area contributed by atoms with Crippen LogP contribution in [0.1, 0.15) is 44.0 Å². The lowest BCUT2D eigenvalue weighted by Gasteiger charge is -2.34. The van der Waals surface area contributed by atoms with Gasteiger partial charge in [0, 0.05) is 50.3 Å². The van der Waals surface area contributed by atoms with Gasteiger partial charge in [-0.15, -0.1) is 0 Å². The van der Waals surface area contributed by atoms with Crippen LogP contribution in [0.3, 0.4) is 0 Å². The second kappa shape index (κ2) is 8.01. The molecule has 1 aliphatic rings. The molecule has 6 heteroatoms. The van der Waals surface area contributed by atoms with Crippen molar-refractivity contribution in [2.75, 3.05) is 25.1 Å². The van der Waals surface area contributed by atoms with Gasteiger partial charge >= 0.3 is 0 Å². The lowest BCUT2D eigenvalue weighted by atomic mass is 9.79. The summed E-state index contributed by atoms with van der Waals surface area (Å²) in [6, 6.07) is 7.97. The van der Waals surface area contributed by atoms with Crippen molar-refractivity contribution in [2.45, 2.75) is 39.2 Å². The van der Waals surface area contributed by atoms with Gasteiger partial charge in [-0.2, -0.15) is 0 Å². The SMILES string of the molecule is CC(C)c1nccn1Cc1cccc(NC(=O)C2(CN)CCOCC2)c1. The van der Waals surface area contributed by atoms with E-state index in [-0.39, 0.29) is 5.91 Å². The van der Waals surface area contributed by atoms with Crippen molar-refractivity contribution in [3.8, 4) is 0 Å². The summed E-state index contributed by atoms with van der Waals surface area (Å²) in [5, 5.41) is 3.06. The number of amides is 1. The van der Waals surface area contributed by atoms with Crippen LogP contribution in [0.15, 0.2) is 36.7 Å². The number of nitrogens with zero attached hydrogens (tertiary/aromatic N) is 2. The minimum absolute atomic E-state index is 0.00838. The lowest BCUT2D eigenvalue weighted by Crippen LogP contribution is -2.46. The molecule has 1 aliphatic heterocycles. The summed E-state index contributed by atoms with van der Waals surface area (Å²) < 4.78 is 7.54. The molecule has 3 rings (SSSR count). The molecule has 1 aromatic heterocycles. The standard InChI is InChI=1S/C20H28N4O2/c1-15(2)18-22-8-9-24(18)13-16-4-3-5-17(12-16)23-19(25)20(14-21)6-10-26-11-7-20/h3-5,8-9,12,15H,6-7,10-11,13-14,21H2,1-2H3,(H,23,25). The first-order chi connectivity index (χ1) is 12.5. The Kier molecular flexibility index (Phi) is 5.74. The van der Waals surface area contributed by atoms with Crippen molar-refractivity contribution in [3.05, 3.63) is 48.0 Å². The van der Waals surface area contributed by atoms with Crippen molar-refractivity contribution in [1.29, 1.82) is 0 Å². The molecule has 1 amide bonds. The number of nitrogens with two attached hydrogens (primary N) is 1. The highest BCUT2D eigenvalue weighted by Crippen LogP contribution is 2.31. The molecule has 26 heavy (non-hydrogen) atoms. The molecule has 6 nitrogen and oxygen atoms in total. The Morgan fingerprint density at radius 3 is 2.85 bits per heavy atom. The summed E-state index contributed by atoms with van der Waals surface area (Å²) in [4.78, 5) is 17.3. The predicted molar refractivity (Wildman–Crippen MR) is 102 cm³/mol. The lowest BCUT2D eigenvalue weighted by molar-refractivity contribution is -0.130. The minimum Gasteiger partial charge on any atom is -0.381 e. The van der Waals surface area contributed by atoms with Crippen molar-refractivity contribution in [3.63, 3.8) is 0 Å². The highest BCUT2D eigenvalue weighted by molar-refractivity contribution is 5.95. The van der Waals surface area contributed by atoms with Gasteiger partial charge < -0.3 is 20.4 Å². The quantitative estimate of drug-likeness (QED) is 0.834. The zero-order chi connectivity index (χ0) is 18.6. The molecule has 0 aliphatic carbocycles. The number of nitrogens with one attached hydrogen (secondary N) is 1. The van der Waals surface area contributed by atoms with Crippen LogP contribution in [0.5, 0.6) is 0 Å². The van der Waals surface area contributed by atoms with E-state index in [1.165, 1.54) is 0 Å². The Hall–Kier alpha value is -2.18. The number of hydrogen-bond donors (Lipinski definition) is 2. The Morgan fingerprint density at radius 1 is 1.38 bits per heavy atom. The van der Waals surface area contributed by atoms with Crippen LogP contribution in [-0.2, 0) is 16.1 Å². The van der Waals surface area contributed by atoms with Gasteiger partial charge in [0.25, 0.3) is 0 Å². The normalized spacial score (nSPS) is 16.6. The first-order valence-electron chi connectivity index (χ1n) is 9.23. The first kappa shape index (κ1) is 18.6. The number of carbonyl (C=O) groups excluding carboxylic acids is 1. The number of carbonyl (C=O) groups is 1. The van der Waals surface area contributed by atoms with Gasteiger partial charge in [-0.3, -0.25) is 4.79 Å². The number of aromatic nitrogens is 2. The molecule has 2 heterocycles. The number of imidazole rings is 1. The smallest absolute Gasteiger partial charge is 0.232 e. The van der Waals surface area contributed by atoms with Gasteiger partial charge in [-0.05, 0) is 30.5 Å². The van der Waals surface area contributed by atoms with E-state index in [9.17, 15) is 4.79 Å². The monoisotopic (exact) mass is 356 g/mol. The first-order valence-corrected chi connectivity index (χ1v) is 9.23. The molecule has 0 radical (unpaired) electrons. The molecule has 2 aromatic rings. The van der Waals surface area contributed by atoms with Gasteiger partial charge in [-0.1, -0.05) is 26.0 Å². The summed E-state index contributed by atoms with van der Waals surface area (Å²) in [7, 11) is 0. The zero-order valence-corrected chi connectivity index (χ0v) is 15.6. The van der Waals surface area contributed by atoms with Gasteiger partial charge in [0.2, 0.25) is 5.91 Å². The van der Waals surface area contributed by atoms with E-state index in [1.807, 2.05) is 30.6 Å². The molecule has 0 atom stereocenters. The third-order valence-electron chi connectivity index (χ3n) is 5.12. The number of rotatable bonds is 6. The van der Waals surface area contributed by atoms with Crippen molar-refractivity contribution in [2.24, 2.45) is 11.1 Å². The van der Waals surface area contributed by atoms with Crippen LogP contribution in [0, 0.1) is 5.41 Å².